The van der Waals surface area contributed by atoms with Gasteiger partial charge in [-0.15, -0.1) is 0 Å². The zero-order valence-corrected chi connectivity index (χ0v) is 11.2. The second kappa shape index (κ2) is 6.34. The molecule has 0 unspecified atom stereocenters. The van der Waals surface area contributed by atoms with Crippen LogP contribution in [0, 0.1) is 0 Å². The van der Waals surface area contributed by atoms with Gasteiger partial charge in [0.2, 0.25) is 0 Å². The highest BCUT2D eigenvalue weighted by molar-refractivity contribution is 5.43. The summed E-state index contributed by atoms with van der Waals surface area (Å²) in [5.41, 5.74) is 2.24. The fourth-order valence-electron chi connectivity index (χ4n) is 2.12. The molecule has 0 saturated carbocycles. The van der Waals surface area contributed by atoms with Crippen molar-refractivity contribution in [2.24, 2.45) is 0 Å². The van der Waals surface area contributed by atoms with Gasteiger partial charge in [-0.3, -0.25) is 0 Å². The molecule has 0 amide bonds. The number of benzene rings is 1. The van der Waals surface area contributed by atoms with Gasteiger partial charge in [0, 0.05) is 12.7 Å². The summed E-state index contributed by atoms with van der Waals surface area (Å²) >= 11 is 0. The molecular weight excluding hydrogens is 254 g/mol. The van der Waals surface area contributed by atoms with Crippen LogP contribution in [-0.2, 0) is 13.0 Å². The zero-order chi connectivity index (χ0) is 13.6. The Bertz CT molecular complexity index is 560. The van der Waals surface area contributed by atoms with Crippen LogP contribution in [0.2, 0.25) is 0 Å². The molecule has 1 aliphatic rings. The fraction of sp³-hybridized carbons (Fsp3) is 0.333. The Morgan fingerprint density at radius 3 is 2.85 bits per heavy atom. The van der Waals surface area contributed by atoms with E-state index in [-0.39, 0.29) is 0 Å². The Hall–Kier alpha value is -2.14. The maximum atomic E-state index is 5.58. The number of rotatable bonds is 5. The Morgan fingerprint density at radius 2 is 2.00 bits per heavy atom. The maximum absolute atomic E-state index is 5.58. The van der Waals surface area contributed by atoms with E-state index in [4.69, 9.17) is 9.47 Å². The average Bonchev–Trinajstić information content (AvgIpc) is 2.52. The number of fused-ring (bicyclic) bond motifs is 1. The summed E-state index contributed by atoms with van der Waals surface area (Å²) in [6, 6.07) is 8.03. The minimum Gasteiger partial charge on any atom is -0.486 e. The van der Waals surface area contributed by atoms with Crippen molar-refractivity contribution >= 4 is 0 Å². The molecule has 0 radical (unpaired) electrons. The summed E-state index contributed by atoms with van der Waals surface area (Å²) in [5, 5.41) is 3.37. The molecule has 5 nitrogen and oxygen atoms in total. The molecule has 2 aromatic rings. The fourth-order valence-corrected chi connectivity index (χ4v) is 2.12. The zero-order valence-electron chi connectivity index (χ0n) is 11.2. The lowest BCUT2D eigenvalue weighted by Crippen LogP contribution is -2.18. The first-order chi connectivity index (χ1) is 9.92. The molecule has 0 saturated heterocycles. The third kappa shape index (κ3) is 3.24. The third-order valence-electron chi connectivity index (χ3n) is 3.15. The van der Waals surface area contributed by atoms with Crippen LogP contribution in [0.4, 0.5) is 0 Å². The smallest absolute Gasteiger partial charge is 0.161 e. The lowest BCUT2D eigenvalue weighted by molar-refractivity contribution is 0.171. The SMILES string of the molecule is c1cc(CNCCc2ccc3c(c2)OCCO3)ncn1. The van der Waals surface area contributed by atoms with Crippen LogP contribution in [0.5, 0.6) is 11.5 Å². The lowest BCUT2D eigenvalue weighted by Gasteiger charge is -2.18. The first kappa shape index (κ1) is 12.9. The lowest BCUT2D eigenvalue weighted by atomic mass is 10.1. The van der Waals surface area contributed by atoms with Crippen LogP contribution in [0.3, 0.4) is 0 Å². The van der Waals surface area contributed by atoms with Crippen LogP contribution in [0.15, 0.2) is 36.8 Å². The Balaban J connectivity index is 1.49. The minimum absolute atomic E-state index is 0.627. The molecule has 1 aromatic carbocycles. The third-order valence-corrected chi connectivity index (χ3v) is 3.15. The molecule has 0 fully saturated rings. The van der Waals surface area contributed by atoms with E-state index in [0.717, 1.165) is 36.7 Å². The first-order valence-electron chi connectivity index (χ1n) is 6.76. The van der Waals surface area contributed by atoms with Gasteiger partial charge in [-0.05, 0) is 36.7 Å². The molecule has 20 heavy (non-hydrogen) atoms. The summed E-state index contributed by atoms with van der Waals surface area (Å²) in [4.78, 5) is 8.07. The molecule has 5 heteroatoms. The van der Waals surface area contributed by atoms with Crippen molar-refractivity contribution in [2.75, 3.05) is 19.8 Å². The van der Waals surface area contributed by atoms with Crippen LogP contribution in [-0.4, -0.2) is 29.7 Å². The number of nitrogens with one attached hydrogen (secondary N) is 1. The van der Waals surface area contributed by atoms with Gasteiger partial charge in [0.05, 0.1) is 5.69 Å². The number of hydrogen-bond acceptors (Lipinski definition) is 5. The van der Waals surface area contributed by atoms with E-state index in [1.54, 1.807) is 12.5 Å². The minimum atomic E-state index is 0.627. The molecule has 0 bridgehead atoms. The van der Waals surface area contributed by atoms with E-state index in [9.17, 15) is 0 Å². The van der Waals surface area contributed by atoms with Crippen molar-refractivity contribution in [3.63, 3.8) is 0 Å². The van der Waals surface area contributed by atoms with Crippen molar-refractivity contribution in [3.8, 4) is 11.5 Å². The van der Waals surface area contributed by atoms with E-state index >= 15 is 0 Å². The highest BCUT2D eigenvalue weighted by Crippen LogP contribution is 2.30. The van der Waals surface area contributed by atoms with Crippen molar-refractivity contribution in [1.29, 1.82) is 0 Å². The normalized spacial score (nSPS) is 13.2. The second-order valence-corrected chi connectivity index (χ2v) is 4.61. The topological polar surface area (TPSA) is 56.3 Å². The van der Waals surface area contributed by atoms with E-state index < -0.39 is 0 Å². The van der Waals surface area contributed by atoms with Crippen LogP contribution in [0.25, 0.3) is 0 Å². The summed E-state index contributed by atoms with van der Waals surface area (Å²) < 4.78 is 11.1. The Morgan fingerprint density at radius 1 is 1.10 bits per heavy atom. The predicted molar refractivity (Wildman–Crippen MR) is 74.9 cm³/mol. The average molecular weight is 271 g/mol. The van der Waals surface area contributed by atoms with E-state index in [0.29, 0.717) is 13.2 Å². The van der Waals surface area contributed by atoms with Crippen molar-refractivity contribution in [3.05, 3.63) is 48.0 Å². The number of ether oxygens (including phenoxy) is 2. The van der Waals surface area contributed by atoms with Crippen molar-refractivity contribution in [1.82, 2.24) is 15.3 Å². The molecule has 1 N–H and O–H groups in total. The molecule has 104 valence electrons. The molecule has 1 aliphatic heterocycles. The van der Waals surface area contributed by atoms with Gasteiger partial charge in [-0.2, -0.15) is 0 Å². The highest BCUT2D eigenvalue weighted by Gasteiger charge is 2.11. The predicted octanol–water partition coefficient (Wildman–Crippen LogP) is 1.58. The quantitative estimate of drug-likeness (QED) is 0.837. The summed E-state index contributed by atoms with van der Waals surface area (Å²) in [6.45, 7) is 2.91. The van der Waals surface area contributed by atoms with Gasteiger partial charge in [0.25, 0.3) is 0 Å². The van der Waals surface area contributed by atoms with Gasteiger partial charge >= 0.3 is 0 Å². The van der Waals surface area contributed by atoms with Crippen LogP contribution < -0.4 is 14.8 Å². The van der Waals surface area contributed by atoms with Gasteiger partial charge < -0.3 is 14.8 Å². The maximum Gasteiger partial charge on any atom is 0.161 e. The Kier molecular flexibility index (Phi) is 4.08. The van der Waals surface area contributed by atoms with Crippen molar-refractivity contribution < 1.29 is 9.47 Å². The molecule has 1 aromatic heterocycles. The largest absolute Gasteiger partial charge is 0.486 e. The monoisotopic (exact) mass is 271 g/mol. The number of hydrogen-bond donors (Lipinski definition) is 1. The van der Waals surface area contributed by atoms with Crippen LogP contribution in [0.1, 0.15) is 11.3 Å². The van der Waals surface area contributed by atoms with Crippen LogP contribution >= 0.6 is 0 Å². The summed E-state index contributed by atoms with van der Waals surface area (Å²) in [6.07, 6.45) is 4.27. The van der Waals surface area contributed by atoms with E-state index in [2.05, 4.69) is 27.4 Å². The van der Waals surface area contributed by atoms with Gasteiger partial charge in [-0.25, -0.2) is 9.97 Å². The number of nitrogens with zero attached hydrogens (tertiary/aromatic N) is 2. The summed E-state index contributed by atoms with van der Waals surface area (Å²) in [7, 11) is 0. The number of aromatic nitrogens is 2. The first-order valence-corrected chi connectivity index (χ1v) is 6.76. The van der Waals surface area contributed by atoms with E-state index in [1.807, 2.05) is 12.1 Å². The molecule has 0 aliphatic carbocycles. The molecular formula is C15H17N3O2. The molecule has 3 rings (SSSR count). The van der Waals surface area contributed by atoms with Gasteiger partial charge in [0.1, 0.15) is 19.5 Å². The van der Waals surface area contributed by atoms with Crippen molar-refractivity contribution in [2.45, 2.75) is 13.0 Å². The Labute approximate surface area is 118 Å². The van der Waals surface area contributed by atoms with Gasteiger partial charge in [0.15, 0.2) is 11.5 Å². The second-order valence-electron chi connectivity index (χ2n) is 4.61. The van der Waals surface area contributed by atoms with E-state index in [1.165, 1.54) is 5.56 Å². The summed E-state index contributed by atoms with van der Waals surface area (Å²) in [5.74, 6) is 1.69. The molecule has 0 atom stereocenters. The molecule has 0 spiro atoms. The molecule has 2 heterocycles. The highest BCUT2D eigenvalue weighted by atomic mass is 16.6. The van der Waals surface area contributed by atoms with Gasteiger partial charge in [-0.1, -0.05) is 6.07 Å². The standard InChI is InChI=1S/C15H17N3O2/c1-2-14-15(20-8-7-19-14)9-12(1)3-5-16-10-13-4-6-17-11-18-13/h1-2,4,6,9,11,16H,3,5,7-8,10H2.